The van der Waals surface area contributed by atoms with E-state index in [4.69, 9.17) is 24.2 Å². The monoisotopic (exact) mass is 772 g/mol. The van der Waals surface area contributed by atoms with E-state index in [-0.39, 0.29) is 35.2 Å². The van der Waals surface area contributed by atoms with Crippen LogP contribution >= 0.6 is 0 Å². The molecule has 2 aromatic rings. The maximum Gasteiger partial charge on any atom is 0.408 e. The van der Waals surface area contributed by atoms with E-state index in [2.05, 4.69) is 21.9 Å². The van der Waals surface area contributed by atoms with Crippen LogP contribution < -0.4 is 24.8 Å². The molecule has 15 nitrogen and oxygen atoms in total. The van der Waals surface area contributed by atoms with Crippen molar-refractivity contribution in [2.24, 2.45) is 23.7 Å². The Morgan fingerprint density at radius 1 is 1.11 bits per heavy atom. The van der Waals surface area contributed by atoms with Crippen molar-refractivity contribution in [3.05, 3.63) is 36.5 Å². The van der Waals surface area contributed by atoms with Crippen LogP contribution in [-0.2, 0) is 35.6 Å². The number of aryl methyl sites for hydroxylation is 1. The van der Waals surface area contributed by atoms with Gasteiger partial charge >= 0.3 is 6.09 Å². The Balaban J connectivity index is 0.00000240. The number of fused-ring (bicyclic) bond motifs is 5. The topological polar surface area (TPSA) is 195 Å². The molecule has 54 heavy (non-hydrogen) atoms. The molecule has 4 fully saturated rings. The second-order valence-electron chi connectivity index (χ2n) is 15.9. The highest BCUT2D eigenvalue weighted by atomic mass is 32.2. The lowest BCUT2D eigenvalue weighted by molar-refractivity contribution is -0.142. The van der Waals surface area contributed by atoms with E-state index in [9.17, 15) is 27.6 Å². The molecule has 8 atom stereocenters. The van der Waals surface area contributed by atoms with Gasteiger partial charge in [0.25, 0.3) is 5.91 Å². The zero-order chi connectivity index (χ0) is 38.5. The number of hydrogen-bond acceptors (Lipinski definition) is 11. The van der Waals surface area contributed by atoms with Crippen molar-refractivity contribution in [3.8, 4) is 11.6 Å². The Bertz CT molecular complexity index is 1970. The summed E-state index contributed by atoms with van der Waals surface area (Å²) in [6, 6.07) is 3.23. The summed E-state index contributed by atoms with van der Waals surface area (Å²) in [7, 11) is -2.34. The van der Waals surface area contributed by atoms with E-state index >= 15 is 0 Å². The van der Waals surface area contributed by atoms with Crippen LogP contribution in [0.25, 0.3) is 11.0 Å². The number of carbonyl (C=O) groups excluding carboxylic acids is 4. The van der Waals surface area contributed by atoms with Crippen LogP contribution in [0, 0.1) is 23.7 Å². The molecule has 5 aliphatic rings. The molecule has 1 aromatic carbocycles. The Kier molecular flexibility index (Phi) is 10.3. The Morgan fingerprint density at radius 3 is 2.57 bits per heavy atom. The predicted molar refractivity (Wildman–Crippen MR) is 203 cm³/mol. The van der Waals surface area contributed by atoms with Crippen LogP contribution in [0.1, 0.15) is 82.1 Å². The van der Waals surface area contributed by atoms with Gasteiger partial charge in [0.05, 0.1) is 29.9 Å². The number of benzene rings is 1. The van der Waals surface area contributed by atoms with E-state index in [0.29, 0.717) is 47.6 Å². The van der Waals surface area contributed by atoms with Crippen molar-refractivity contribution in [1.82, 2.24) is 30.2 Å². The summed E-state index contributed by atoms with van der Waals surface area (Å²) >= 11 is 0. The van der Waals surface area contributed by atoms with Gasteiger partial charge in [-0.25, -0.2) is 23.2 Å². The summed E-state index contributed by atoms with van der Waals surface area (Å²) in [4.78, 5) is 66.9. The summed E-state index contributed by atoms with van der Waals surface area (Å²) in [5.74, 6) is -2.40. The van der Waals surface area contributed by atoms with E-state index in [0.717, 1.165) is 32.1 Å². The number of ether oxygens (including phenoxy) is 3. The van der Waals surface area contributed by atoms with Gasteiger partial charge in [-0.05, 0) is 68.9 Å². The average Bonchev–Trinajstić information content (AvgIpc) is 4.04. The number of hydrogen-bond donors (Lipinski definition) is 3. The zero-order valence-corrected chi connectivity index (χ0v) is 32.0. The number of carbonyl (C=O) groups is 4. The lowest BCUT2D eigenvalue weighted by atomic mass is 9.97. The van der Waals surface area contributed by atoms with Gasteiger partial charge in [-0.3, -0.25) is 19.1 Å². The molecule has 4 amide bonds. The maximum atomic E-state index is 14.5. The molecule has 0 radical (unpaired) electrons. The van der Waals surface area contributed by atoms with Gasteiger partial charge < -0.3 is 29.7 Å². The highest BCUT2D eigenvalue weighted by Gasteiger charge is 2.62. The second kappa shape index (κ2) is 14.6. The standard InChI is InChI=1S/C38H50N6O9S.3H2/c1-6-23-18-38(23,36(47)43-54(49,50)25-13-14-25)42-33(45)32-21(4)30-19-44(32)35(46)31(20(2)3)41-37(48)53-29-16-22(29)10-8-7-9-11-27-34(52-30)40-28-17-24(51-5)12-15-26(28)39-27;;;/h6,12,15,17,20-23,25,29-32H,1,7-11,13-14,16,18-19H2,2-5H3,(H,41,48)(H,42,45)(H,43,47);3*1H/t21-,22-,23-,29-,30+,31+,32+,38-;;;/m1.../s1. The van der Waals surface area contributed by atoms with Crippen molar-refractivity contribution >= 4 is 44.9 Å². The molecule has 1 saturated heterocycles. The molecule has 298 valence electrons. The molecular formula is C38H56N6O9S. The molecule has 3 N–H and O–H groups in total. The van der Waals surface area contributed by atoms with Crippen molar-refractivity contribution in [1.29, 1.82) is 0 Å². The summed E-state index contributed by atoms with van der Waals surface area (Å²) in [5, 5.41) is 4.96. The molecule has 0 unspecified atom stereocenters. The minimum absolute atomic E-state index is 0. The highest BCUT2D eigenvalue weighted by Crippen LogP contribution is 2.46. The minimum Gasteiger partial charge on any atom is -0.497 e. The molecular weight excluding hydrogens is 717 g/mol. The van der Waals surface area contributed by atoms with Gasteiger partial charge in [0.2, 0.25) is 27.7 Å². The number of rotatable bonds is 8. The third-order valence-electron chi connectivity index (χ3n) is 11.6. The fourth-order valence-electron chi connectivity index (χ4n) is 7.84. The summed E-state index contributed by atoms with van der Waals surface area (Å²) in [6.07, 6.45) is 5.90. The predicted octanol–water partition coefficient (Wildman–Crippen LogP) is 3.90. The second-order valence-corrected chi connectivity index (χ2v) is 17.8. The molecule has 3 heterocycles. The number of sulfonamides is 1. The average molecular weight is 773 g/mol. The minimum atomic E-state index is -3.90. The molecule has 2 bridgehead atoms. The lowest BCUT2D eigenvalue weighted by Gasteiger charge is -2.32. The van der Waals surface area contributed by atoms with Gasteiger partial charge in [-0.2, -0.15) is 0 Å². The fraction of sp³-hybridized carbons (Fsp3) is 0.632. The van der Waals surface area contributed by atoms with Crippen molar-refractivity contribution in [3.63, 3.8) is 0 Å². The van der Waals surface area contributed by atoms with Crippen molar-refractivity contribution in [2.75, 3.05) is 13.7 Å². The van der Waals surface area contributed by atoms with Crippen LogP contribution in [0.3, 0.4) is 0 Å². The quantitative estimate of drug-likeness (QED) is 0.330. The summed E-state index contributed by atoms with van der Waals surface area (Å²) in [5.41, 5.74) is 0.335. The first-order chi connectivity index (χ1) is 25.7. The largest absolute Gasteiger partial charge is 0.497 e. The number of alkyl carbamates (subject to hydrolysis) is 1. The normalized spacial score (nSPS) is 31.4. The molecule has 7 rings (SSSR count). The number of methoxy groups -OCH3 is 1. The Morgan fingerprint density at radius 2 is 1.89 bits per heavy atom. The number of nitrogens with one attached hydrogen (secondary N) is 3. The van der Waals surface area contributed by atoms with E-state index < -0.39 is 74.7 Å². The van der Waals surface area contributed by atoms with Gasteiger partial charge in [-0.15, -0.1) is 6.58 Å². The van der Waals surface area contributed by atoms with Crippen LogP contribution in [0.2, 0.25) is 0 Å². The van der Waals surface area contributed by atoms with Gasteiger partial charge in [0, 0.05) is 22.2 Å². The van der Waals surface area contributed by atoms with Crippen LogP contribution in [0.4, 0.5) is 4.79 Å². The first-order valence-electron chi connectivity index (χ1n) is 19.0. The Labute approximate surface area is 319 Å². The van der Waals surface area contributed by atoms with Gasteiger partial charge in [-0.1, -0.05) is 39.7 Å². The van der Waals surface area contributed by atoms with Gasteiger partial charge in [0.1, 0.15) is 41.3 Å². The number of nitrogens with zero attached hydrogens (tertiary/aromatic N) is 3. The SMILES string of the molecule is C=C[C@@H]1C[C@]1(NC(=O)[C@@H]1[C@H](C)[C@@H]2CN1C(=O)[C@H](C(C)C)NC(=O)O[C@@H]1C[C@H]1CCCCCc1nc3ccc(OC)cc3nc1O2)C(=O)NS(=O)(=O)C1CC1.[HH].[HH].[HH]. The van der Waals surface area contributed by atoms with E-state index in [1.807, 2.05) is 12.1 Å². The summed E-state index contributed by atoms with van der Waals surface area (Å²) < 4.78 is 45.5. The smallest absolute Gasteiger partial charge is 0.408 e. The molecule has 3 saturated carbocycles. The summed E-state index contributed by atoms with van der Waals surface area (Å²) in [6.45, 7) is 9.12. The molecule has 2 aliphatic heterocycles. The van der Waals surface area contributed by atoms with E-state index in [1.54, 1.807) is 33.9 Å². The molecule has 0 spiro atoms. The first kappa shape index (κ1) is 37.8. The van der Waals surface area contributed by atoms with Gasteiger partial charge in [0.15, 0.2) is 0 Å². The lowest BCUT2D eigenvalue weighted by Crippen LogP contribution is -2.60. The molecule has 16 heteroatoms. The first-order valence-corrected chi connectivity index (χ1v) is 20.6. The van der Waals surface area contributed by atoms with E-state index in [1.165, 1.54) is 11.0 Å². The van der Waals surface area contributed by atoms with Crippen LogP contribution in [0.5, 0.6) is 11.6 Å². The van der Waals surface area contributed by atoms with Crippen LogP contribution in [-0.4, -0.2) is 95.8 Å². The maximum absolute atomic E-state index is 14.5. The van der Waals surface area contributed by atoms with Crippen LogP contribution in [0.15, 0.2) is 30.9 Å². The zero-order valence-electron chi connectivity index (χ0n) is 31.2. The number of aromatic nitrogens is 2. The fourth-order valence-corrected chi connectivity index (χ4v) is 9.20. The third-order valence-corrected chi connectivity index (χ3v) is 13.4. The molecule has 3 aliphatic carbocycles. The van der Waals surface area contributed by atoms with Crippen molar-refractivity contribution in [2.45, 2.75) is 114 Å². The van der Waals surface area contributed by atoms with Crippen molar-refractivity contribution < 1.29 is 46.1 Å². The Hall–Kier alpha value is -4.47. The molecule has 1 aromatic heterocycles. The third kappa shape index (κ3) is 7.58. The number of amides is 4. The highest BCUT2D eigenvalue weighted by molar-refractivity contribution is 7.91.